The molecule has 172 valence electrons. The minimum atomic E-state index is -3.81. The molecule has 1 aliphatic carbocycles. The van der Waals surface area contributed by atoms with Crippen LogP contribution in [0.3, 0.4) is 0 Å². The Morgan fingerprint density at radius 1 is 1.27 bits per heavy atom. The van der Waals surface area contributed by atoms with E-state index in [1.807, 2.05) is 6.92 Å². The summed E-state index contributed by atoms with van der Waals surface area (Å²) in [5, 5.41) is 11.0. The minimum Gasteiger partial charge on any atom is -0.378 e. The predicted molar refractivity (Wildman–Crippen MR) is 122 cm³/mol. The zero-order chi connectivity index (χ0) is 22.8. The van der Waals surface area contributed by atoms with Gasteiger partial charge in [0, 0.05) is 37.1 Å². The molecule has 6 rings (SSSR count). The molecule has 11 heteroatoms. The van der Waals surface area contributed by atoms with Gasteiger partial charge in [-0.2, -0.15) is 9.98 Å². The van der Waals surface area contributed by atoms with Gasteiger partial charge < -0.3 is 14.6 Å². The van der Waals surface area contributed by atoms with E-state index in [4.69, 9.17) is 9.72 Å². The second-order valence-corrected chi connectivity index (χ2v) is 10.8. The molecule has 10 nitrogen and oxygen atoms in total. The molecule has 0 unspecified atom stereocenters. The van der Waals surface area contributed by atoms with Crippen molar-refractivity contribution in [2.45, 2.75) is 36.2 Å². The number of anilines is 1. The Morgan fingerprint density at radius 3 is 2.91 bits per heavy atom. The predicted octanol–water partition coefficient (Wildman–Crippen LogP) is 1.27. The van der Waals surface area contributed by atoms with Gasteiger partial charge in [0.05, 0.1) is 35.6 Å². The average molecular weight is 468 g/mol. The second kappa shape index (κ2) is 7.36. The fourth-order valence-corrected chi connectivity index (χ4v) is 6.28. The zero-order valence-corrected chi connectivity index (χ0v) is 19.2. The number of aromatic amines is 1. The molecule has 2 N–H and O–H groups in total. The molecule has 1 saturated carbocycles. The van der Waals surface area contributed by atoms with Crippen LogP contribution < -0.4 is 9.62 Å². The summed E-state index contributed by atoms with van der Waals surface area (Å²) in [6.45, 7) is 6.97. The number of aryl methyl sites for hydroxylation is 1. The molecule has 3 aliphatic rings. The molecule has 2 aliphatic heterocycles. The number of nitrogens with one attached hydrogen (secondary N) is 2. The third kappa shape index (κ3) is 3.54. The van der Waals surface area contributed by atoms with Crippen LogP contribution in [0.4, 0.5) is 5.82 Å². The van der Waals surface area contributed by atoms with Crippen molar-refractivity contribution in [3.8, 4) is 6.07 Å². The number of ether oxygens (including phenoxy) is 1. The van der Waals surface area contributed by atoms with E-state index in [9.17, 15) is 13.7 Å². The largest absolute Gasteiger partial charge is 0.378 e. The summed E-state index contributed by atoms with van der Waals surface area (Å²) in [4.78, 5) is 17.6. The van der Waals surface area contributed by atoms with Crippen molar-refractivity contribution in [3.63, 3.8) is 0 Å². The van der Waals surface area contributed by atoms with Crippen molar-refractivity contribution < 1.29 is 13.2 Å². The number of morpholine rings is 1. The van der Waals surface area contributed by atoms with Crippen molar-refractivity contribution in [2.24, 2.45) is 0 Å². The van der Waals surface area contributed by atoms with E-state index in [2.05, 4.69) is 30.6 Å². The van der Waals surface area contributed by atoms with E-state index in [1.165, 1.54) is 0 Å². The second-order valence-electron chi connectivity index (χ2n) is 9.16. The van der Waals surface area contributed by atoms with Crippen molar-refractivity contribution in [1.29, 1.82) is 5.26 Å². The Bertz CT molecular complexity index is 1410. The molecule has 2 aromatic heterocycles. The number of benzene rings is 1. The molecular formula is C22H25N7O3S. The van der Waals surface area contributed by atoms with Gasteiger partial charge in [-0.05, 0) is 31.9 Å². The summed E-state index contributed by atoms with van der Waals surface area (Å²) in [7, 11) is -3.81. The first-order valence-corrected chi connectivity index (χ1v) is 12.7. The van der Waals surface area contributed by atoms with Gasteiger partial charge >= 0.3 is 0 Å². The number of nitriles is 1. The summed E-state index contributed by atoms with van der Waals surface area (Å²) < 4.78 is 34.0. The smallest absolute Gasteiger partial charge is 0.242 e. The van der Waals surface area contributed by atoms with Gasteiger partial charge in [0.15, 0.2) is 0 Å². The maximum atomic E-state index is 12.9. The first-order valence-electron chi connectivity index (χ1n) is 11.2. The number of piperazine rings is 1. The third-order valence-corrected chi connectivity index (χ3v) is 8.39. The van der Waals surface area contributed by atoms with Gasteiger partial charge in [-0.25, -0.2) is 18.4 Å². The van der Waals surface area contributed by atoms with Crippen molar-refractivity contribution in [2.75, 3.05) is 44.3 Å². The van der Waals surface area contributed by atoms with Gasteiger partial charge in [-0.15, -0.1) is 0 Å². The topological polar surface area (TPSA) is 127 Å². The number of sulfonamides is 1. The van der Waals surface area contributed by atoms with Gasteiger partial charge in [0.25, 0.3) is 0 Å². The lowest BCUT2D eigenvalue weighted by atomic mass is 10.1. The Hall–Kier alpha value is -2.78. The molecule has 33 heavy (non-hydrogen) atoms. The van der Waals surface area contributed by atoms with Gasteiger partial charge in [-0.1, -0.05) is 6.07 Å². The molecule has 4 heterocycles. The Labute approximate surface area is 191 Å². The summed E-state index contributed by atoms with van der Waals surface area (Å²) in [5.41, 5.74) is 0.401. The van der Waals surface area contributed by atoms with Crippen LogP contribution in [-0.4, -0.2) is 79.2 Å². The van der Waals surface area contributed by atoms with E-state index in [-0.39, 0.29) is 4.90 Å². The SMILES string of the molecule is Cc1nc(N2CCN3CCOC[C@H]3C2)c2c(n1)[nH]c1cc(S(=O)(=O)NC3(C#N)CC3)ccc12. The van der Waals surface area contributed by atoms with Gasteiger partial charge in [-0.3, -0.25) is 4.90 Å². The number of hydrogen-bond donors (Lipinski definition) is 2. The van der Waals surface area contributed by atoms with Crippen molar-refractivity contribution in [3.05, 3.63) is 24.0 Å². The maximum Gasteiger partial charge on any atom is 0.242 e. The van der Waals surface area contributed by atoms with Crippen LogP contribution >= 0.6 is 0 Å². The summed E-state index contributed by atoms with van der Waals surface area (Å²) in [5.74, 6) is 1.52. The summed E-state index contributed by atoms with van der Waals surface area (Å²) in [6.07, 6.45) is 1.07. The molecule has 3 aromatic rings. The lowest BCUT2D eigenvalue weighted by Gasteiger charge is -2.44. The first kappa shape index (κ1) is 20.8. The normalized spacial score (nSPS) is 22.9. The summed E-state index contributed by atoms with van der Waals surface area (Å²) in [6, 6.07) is 7.40. The van der Waals surface area contributed by atoms with Gasteiger partial charge in [0.2, 0.25) is 10.0 Å². The van der Waals surface area contributed by atoms with E-state index in [1.54, 1.807) is 18.2 Å². The molecule has 0 spiro atoms. The monoisotopic (exact) mass is 467 g/mol. The highest BCUT2D eigenvalue weighted by molar-refractivity contribution is 7.89. The summed E-state index contributed by atoms with van der Waals surface area (Å²) >= 11 is 0. The standard InChI is InChI=1S/C22H25N7O3S/c1-14-24-20-19(21(25-14)29-7-6-28-8-9-32-12-15(28)11-29)17-3-2-16(10-18(17)26-20)33(30,31)27-22(13-23)4-5-22/h2-3,10,15,27H,4-9,11-12H2,1H3,(H,24,25,26)/t15-/m1/s1. The number of H-pyrrole nitrogens is 1. The van der Waals surface area contributed by atoms with E-state index >= 15 is 0 Å². The molecule has 0 amide bonds. The Balaban J connectivity index is 1.41. The van der Waals surface area contributed by atoms with Crippen LogP contribution in [0.1, 0.15) is 18.7 Å². The van der Waals surface area contributed by atoms with E-state index < -0.39 is 15.6 Å². The van der Waals surface area contributed by atoms with E-state index in [0.717, 1.165) is 56.0 Å². The average Bonchev–Trinajstić information content (AvgIpc) is 3.48. The third-order valence-electron chi connectivity index (χ3n) is 6.86. The Morgan fingerprint density at radius 2 is 2.12 bits per heavy atom. The first-order chi connectivity index (χ1) is 15.9. The fraction of sp³-hybridized carbons (Fsp3) is 0.500. The highest BCUT2D eigenvalue weighted by Crippen LogP contribution is 2.37. The number of aromatic nitrogens is 3. The molecule has 1 atom stereocenters. The highest BCUT2D eigenvalue weighted by atomic mass is 32.2. The van der Waals surface area contributed by atoms with Crippen molar-refractivity contribution >= 4 is 37.8 Å². The molecule has 1 aromatic carbocycles. The molecule has 0 radical (unpaired) electrons. The lowest BCUT2D eigenvalue weighted by molar-refractivity contribution is -0.0117. The number of nitrogens with zero attached hydrogens (tertiary/aromatic N) is 5. The van der Waals surface area contributed by atoms with Crippen LogP contribution in [0.15, 0.2) is 23.1 Å². The molecule has 0 bridgehead atoms. The van der Waals surface area contributed by atoms with Crippen LogP contribution in [0.2, 0.25) is 0 Å². The quantitative estimate of drug-likeness (QED) is 0.587. The minimum absolute atomic E-state index is 0.127. The fourth-order valence-electron chi connectivity index (χ4n) is 4.88. The number of hydrogen-bond acceptors (Lipinski definition) is 8. The highest BCUT2D eigenvalue weighted by Gasteiger charge is 2.46. The molecule has 2 saturated heterocycles. The van der Waals surface area contributed by atoms with E-state index in [0.29, 0.717) is 35.9 Å². The number of rotatable bonds is 4. The zero-order valence-electron chi connectivity index (χ0n) is 18.3. The molecular weight excluding hydrogens is 442 g/mol. The van der Waals surface area contributed by atoms with Crippen LogP contribution in [-0.2, 0) is 14.8 Å². The maximum absolute atomic E-state index is 12.9. The van der Waals surface area contributed by atoms with Crippen LogP contribution in [0.5, 0.6) is 0 Å². The van der Waals surface area contributed by atoms with Gasteiger partial charge in [0.1, 0.15) is 22.8 Å². The van der Waals surface area contributed by atoms with Crippen LogP contribution in [0, 0.1) is 18.3 Å². The molecule has 3 fully saturated rings. The lowest BCUT2D eigenvalue weighted by Crippen LogP contribution is -2.58. The van der Waals surface area contributed by atoms with Crippen molar-refractivity contribution in [1.82, 2.24) is 24.6 Å². The number of fused-ring (bicyclic) bond motifs is 4. The Kier molecular flexibility index (Phi) is 4.64. The van der Waals surface area contributed by atoms with Crippen LogP contribution in [0.25, 0.3) is 21.9 Å².